The minimum atomic E-state index is -0.0589. The van der Waals surface area contributed by atoms with Crippen molar-refractivity contribution in [3.8, 4) is 6.07 Å². The van der Waals surface area contributed by atoms with E-state index in [9.17, 15) is 4.79 Å². The Morgan fingerprint density at radius 1 is 1.67 bits per heavy atom. The normalized spacial score (nSPS) is 10.0. The number of carbonyl (C=O) groups excluding carboxylic acids is 1. The summed E-state index contributed by atoms with van der Waals surface area (Å²) in [5.74, 6) is 0.380. The van der Waals surface area contributed by atoms with Crippen molar-refractivity contribution >= 4 is 5.91 Å². The quantitative estimate of drug-likeness (QED) is 0.801. The van der Waals surface area contributed by atoms with E-state index in [-0.39, 0.29) is 12.5 Å². The van der Waals surface area contributed by atoms with Gasteiger partial charge in [0, 0.05) is 12.7 Å². The highest BCUT2D eigenvalue weighted by atomic mass is 16.1. The van der Waals surface area contributed by atoms with Gasteiger partial charge < -0.3 is 9.88 Å². The number of carbonyl (C=O) groups is 1. The highest BCUT2D eigenvalue weighted by Gasteiger charge is 2.05. The molecular weight excluding hydrogens is 190 g/mol. The van der Waals surface area contributed by atoms with Crippen LogP contribution in [0.5, 0.6) is 0 Å². The molecule has 0 spiro atoms. The van der Waals surface area contributed by atoms with Gasteiger partial charge in [-0.2, -0.15) is 5.26 Å². The lowest BCUT2D eigenvalue weighted by Crippen LogP contribution is -2.30. The molecule has 0 unspecified atom stereocenters. The average molecular weight is 205 g/mol. The zero-order valence-corrected chi connectivity index (χ0v) is 9.03. The second kappa shape index (κ2) is 5.20. The molecular formula is C11H15N3O. The van der Waals surface area contributed by atoms with Gasteiger partial charge in [-0.3, -0.25) is 4.79 Å². The first-order valence-corrected chi connectivity index (χ1v) is 4.95. The Kier molecular flexibility index (Phi) is 3.92. The van der Waals surface area contributed by atoms with Crippen LogP contribution in [0.4, 0.5) is 0 Å². The van der Waals surface area contributed by atoms with Crippen molar-refractivity contribution in [2.24, 2.45) is 5.92 Å². The minimum Gasteiger partial charge on any atom is -0.354 e. The lowest BCUT2D eigenvalue weighted by atomic mass is 10.2. The highest BCUT2D eigenvalue weighted by molar-refractivity contribution is 5.75. The Balaban J connectivity index is 2.49. The lowest BCUT2D eigenvalue weighted by molar-refractivity contribution is -0.121. The van der Waals surface area contributed by atoms with Gasteiger partial charge in [0.1, 0.15) is 18.3 Å². The Morgan fingerprint density at radius 3 is 3.00 bits per heavy atom. The van der Waals surface area contributed by atoms with E-state index in [0.717, 1.165) is 0 Å². The van der Waals surface area contributed by atoms with E-state index in [2.05, 4.69) is 5.32 Å². The van der Waals surface area contributed by atoms with Crippen molar-refractivity contribution in [3.63, 3.8) is 0 Å². The molecule has 0 saturated heterocycles. The van der Waals surface area contributed by atoms with Crippen LogP contribution in [0.1, 0.15) is 19.5 Å². The van der Waals surface area contributed by atoms with E-state index in [1.165, 1.54) is 0 Å². The molecule has 0 aliphatic rings. The van der Waals surface area contributed by atoms with Crippen LogP contribution in [-0.2, 0) is 11.3 Å². The number of nitrogens with zero attached hydrogens (tertiary/aromatic N) is 2. The number of rotatable bonds is 4. The molecule has 1 N–H and O–H groups in total. The zero-order chi connectivity index (χ0) is 11.3. The van der Waals surface area contributed by atoms with E-state index in [4.69, 9.17) is 5.26 Å². The number of amides is 1. The van der Waals surface area contributed by atoms with Crippen molar-refractivity contribution < 1.29 is 4.79 Å². The maximum Gasteiger partial charge on any atom is 0.239 e. The van der Waals surface area contributed by atoms with E-state index in [1.54, 1.807) is 22.9 Å². The van der Waals surface area contributed by atoms with Crippen LogP contribution in [0.25, 0.3) is 0 Å². The third-order valence-electron chi connectivity index (χ3n) is 1.97. The molecule has 1 aromatic heterocycles. The number of nitrogens with one attached hydrogen (secondary N) is 1. The van der Waals surface area contributed by atoms with Gasteiger partial charge in [-0.15, -0.1) is 0 Å². The summed E-state index contributed by atoms with van der Waals surface area (Å²) in [6, 6.07) is 5.48. The highest BCUT2D eigenvalue weighted by Crippen LogP contribution is 1.99. The topological polar surface area (TPSA) is 57.8 Å². The van der Waals surface area contributed by atoms with Gasteiger partial charge in [0.15, 0.2) is 0 Å². The maximum absolute atomic E-state index is 11.4. The van der Waals surface area contributed by atoms with Gasteiger partial charge in [-0.05, 0) is 18.1 Å². The SMILES string of the molecule is CC(C)CNC(=O)Cn1cccc1C#N. The van der Waals surface area contributed by atoms with Gasteiger partial charge in [-0.1, -0.05) is 13.8 Å². The molecule has 1 rings (SSSR count). The van der Waals surface area contributed by atoms with Crippen molar-refractivity contribution in [1.82, 2.24) is 9.88 Å². The largest absolute Gasteiger partial charge is 0.354 e. The Bertz CT molecular complexity index is 373. The van der Waals surface area contributed by atoms with E-state index < -0.39 is 0 Å². The predicted octanol–water partition coefficient (Wildman–Crippen LogP) is 1.13. The first-order valence-electron chi connectivity index (χ1n) is 4.95. The fraction of sp³-hybridized carbons (Fsp3) is 0.455. The molecule has 0 radical (unpaired) electrons. The molecule has 1 heterocycles. The molecule has 0 aliphatic carbocycles. The molecule has 0 fully saturated rings. The molecule has 0 aromatic carbocycles. The lowest BCUT2D eigenvalue weighted by Gasteiger charge is -2.08. The van der Waals surface area contributed by atoms with Gasteiger partial charge in [-0.25, -0.2) is 0 Å². The van der Waals surface area contributed by atoms with E-state index in [1.807, 2.05) is 19.9 Å². The monoisotopic (exact) mass is 205 g/mol. The van der Waals surface area contributed by atoms with Crippen molar-refractivity contribution in [2.45, 2.75) is 20.4 Å². The van der Waals surface area contributed by atoms with Gasteiger partial charge in [0.2, 0.25) is 5.91 Å². The third kappa shape index (κ3) is 3.47. The van der Waals surface area contributed by atoms with Crippen LogP contribution in [0.3, 0.4) is 0 Å². The van der Waals surface area contributed by atoms with Crippen LogP contribution >= 0.6 is 0 Å². The van der Waals surface area contributed by atoms with Gasteiger partial charge in [0.05, 0.1) is 0 Å². The zero-order valence-electron chi connectivity index (χ0n) is 9.03. The molecule has 0 atom stereocenters. The van der Waals surface area contributed by atoms with Crippen LogP contribution in [0.2, 0.25) is 0 Å². The molecule has 15 heavy (non-hydrogen) atoms. The second-order valence-electron chi connectivity index (χ2n) is 3.83. The predicted molar refractivity (Wildman–Crippen MR) is 57.0 cm³/mol. The number of hydrogen-bond acceptors (Lipinski definition) is 2. The summed E-state index contributed by atoms with van der Waals surface area (Å²) >= 11 is 0. The summed E-state index contributed by atoms with van der Waals surface area (Å²) < 4.78 is 1.63. The summed E-state index contributed by atoms with van der Waals surface area (Å²) in [5.41, 5.74) is 0.509. The average Bonchev–Trinajstić information content (AvgIpc) is 2.62. The molecule has 4 nitrogen and oxygen atoms in total. The molecule has 0 aliphatic heterocycles. The first-order chi connectivity index (χ1) is 7.13. The summed E-state index contributed by atoms with van der Waals surface area (Å²) in [7, 11) is 0. The van der Waals surface area contributed by atoms with Crippen LogP contribution in [0, 0.1) is 17.2 Å². The third-order valence-corrected chi connectivity index (χ3v) is 1.97. The molecule has 80 valence electrons. The van der Waals surface area contributed by atoms with Gasteiger partial charge >= 0.3 is 0 Å². The number of hydrogen-bond donors (Lipinski definition) is 1. The Morgan fingerprint density at radius 2 is 2.40 bits per heavy atom. The van der Waals surface area contributed by atoms with Crippen molar-refractivity contribution in [3.05, 3.63) is 24.0 Å². The van der Waals surface area contributed by atoms with E-state index >= 15 is 0 Å². The maximum atomic E-state index is 11.4. The summed E-state index contributed by atoms with van der Waals surface area (Å²) in [6.45, 7) is 4.96. The summed E-state index contributed by atoms with van der Waals surface area (Å²) in [4.78, 5) is 11.4. The standard InChI is InChI=1S/C11H15N3O/c1-9(2)7-13-11(15)8-14-5-3-4-10(14)6-12/h3-5,9H,7-8H2,1-2H3,(H,13,15). The van der Waals surface area contributed by atoms with Crippen molar-refractivity contribution in [2.75, 3.05) is 6.54 Å². The van der Waals surface area contributed by atoms with Crippen LogP contribution in [-0.4, -0.2) is 17.0 Å². The first kappa shape index (κ1) is 11.3. The van der Waals surface area contributed by atoms with E-state index in [0.29, 0.717) is 18.2 Å². The smallest absolute Gasteiger partial charge is 0.239 e. The van der Waals surface area contributed by atoms with Gasteiger partial charge in [0.25, 0.3) is 0 Å². The second-order valence-corrected chi connectivity index (χ2v) is 3.83. The Hall–Kier alpha value is -1.76. The molecule has 1 aromatic rings. The molecule has 0 bridgehead atoms. The van der Waals surface area contributed by atoms with Crippen LogP contribution in [0.15, 0.2) is 18.3 Å². The number of nitriles is 1. The molecule has 1 amide bonds. The molecule has 4 heteroatoms. The summed E-state index contributed by atoms with van der Waals surface area (Å²) in [5, 5.41) is 11.5. The summed E-state index contributed by atoms with van der Waals surface area (Å²) in [6.07, 6.45) is 1.73. The fourth-order valence-corrected chi connectivity index (χ4v) is 1.18. The fourth-order valence-electron chi connectivity index (χ4n) is 1.18. The van der Waals surface area contributed by atoms with Crippen molar-refractivity contribution in [1.29, 1.82) is 5.26 Å². The minimum absolute atomic E-state index is 0.0589. The van der Waals surface area contributed by atoms with Crippen LogP contribution < -0.4 is 5.32 Å². The number of aromatic nitrogens is 1. The molecule has 0 saturated carbocycles. The Labute approximate surface area is 89.5 Å².